The molecule has 3 nitrogen and oxygen atoms in total. The molecule has 0 saturated carbocycles. The fourth-order valence-electron chi connectivity index (χ4n) is 3.32. The summed E-state index contributed by atoms with van der Waals surface area (Å²) in [5, 5.41) is 3.72. The number of fused-ring (bicyclic) bond motifs is 1. The van der Waals surface area contributed by atoms with Gasteiger partial charge in [0.2, 0.25) is 0 Å². The monoisotopic (exact) mass is 275 g/mol. The minimum absolute atomic E-state index is 0.392. The van der Waals surface area contributed by atoms with Gasteiger partial charge in [-0.1, -0.05) is 25.1 Å². The van der Waals surface area contributed by atoms with E-state index >= 15 is 0 Å². The van der Waals surface area contributed by atoms with Crippen molar-refractivity contribution in [3.8, 4) is 0 Å². The molecule has 2 heterocycles. The van der Waals surface area contributed by atoms with Crippen LogP contribution >= 0.6 is 0 Å². The van der Waals surface area contributed by atoms with Crippen LogP contribution in [0.25, 0.3) is 0 Å². The molecule has 0 aliphatic carbocycles. The number of rotatable bonds is 5. The summed E-state index contributed by atoms with van der Waals surface area (Å²) in [6.07, 6.45) is 2.70. The second-order valence-electron chi connectivity index (χ2n) is 6.09. The molecular weight excluding hydrogens is 250 g/mol. The fraction of sp³-hybridized carbons (Fsp3) is 0.647. The van der Waals surface area contributed by atoms with Crippen LogP contribution < -0.4 is 5.32 Å². The first kappa shape index (κ1) is 14.1. The van der Waals surface area contributed by atoms with E-state index in [0.717, 1.165) is 39.2 Å². The molecule has 0 radical (unpaired) electrons. The predicted molar refractivity (Wildman–Crippen MR) is 79.5 cm³/mol. The van der Waals surface area contributed by atoms with Gasteiger partial charge in [0, 0.05) is 12.0 Å². The van der Waals surface area contributed by atoms with Crippen molar-refractivity contribution in [2.45, 2.75) is 52.0 Å². The maximum absolute atomic E-state index is 5.78. The quantitative estimate of drug-likeness (QED) is 0.895. The van der Waals surface area contributed by atoms with Crippen molar-refractivity contribution in [3.05, 3.63) is 34.9 Å². The Morgan fingerprint density at radius 3 is 2.90 bits per heavy atom. The van der Waals surface area contributed by atoms with E-state index in [9.17, 15) is 0 Å². The third-order valence-corrected chi connectivity index (χ3v) is 4.42. The summed E-state index contributed by atoms with van der Waals surface area (Å²) in [6.45, 7) is 7.86. The van der Waals surface area contributed by atoms with Gasteiger partial charge >= 0.3 is 0 Å². The van der Waals surface area contributed by atoms with Gasteiger partial charge in [0.25, 0.3) is 0 Å². The van der Waals surface area contributed by atoms with Crippen molar-refractivity contribution >= 4 is 0 Å². The lowest BCUT2D eigenvalue weighted by molar-refractivity contribution is 0.117. The van der Waals surface area contributed by atoms with Crippen LogP contribution in [0.3, 0.4) is 0 Å². The van der Waals surface area contributed by atoms with Crippen LogP contribution in [0.4, 0.5) is 0 Å². The van der Waals surface area contributed by atoms with Crippen LogP contribution in [0.1, 0.15) is 49.4 Å². The highest BCUT2D eigenvalue weighted by atomic mass is 16.5. The van der Waals surface area contributed by atoms with Gasteiger partial charge in [-0.05, 0) is 43.0 Å². The minimum atomic E-state index is 0.392. The van der Waals surface area contributed by atoms with Gasteiger partial charge in [-0.2, -0.15) is 0 Å². The van der Waals surface area contributed by atoms with Gasteiger partial charge in [-0.15, -0.1) is 0 Å². The van der Waals surface area contributed by atoms with E-state index in [0.29, 0.717) is 18.1 Å². The Kier molecular flexibility index (Phi) is 4.39. The Balaban J connectivity index is 1.80. The number of ether oxygens (including phenoxy) is 2. The zero-order valence-corrected chi connectivity index (χ0v) is 12.5. The molecule has 0 amide bonds. The highest BCUT2D eigenvalue weighted by Gasteiger charge is 2.30. The summed E-state index contributed by atoms with van der Waals surface area (Å²) in [7, 11) is 0. The lowest BCUT2D eigenvalue weighted by atomic mass is 9.89. The van der Waals surface area contributed by atoms with E-state index in [1.54, 1.807) is 0 Å². The minimum Gasteiger partial charge on any atom is -0.378 e. The number of hydrogen-bond donors (Lipinski definition) is 1. The van der Waals surface area contributed by atoms with E-state index < -0.39 is 0 Å². The number of nitrogens with one attached hydrogen (secondary N) is 1. The van der Waals surface area contributed by atoms with Gasteiger partial charge in [0.15, 0.2) is 0 Å². The predicted octanol–water partition coefficient (Wildman–Crippen LogP) is 3.18. The molecule has 0 spiro atoms. The first-order chi connectivity index (χ1) is 9.78. The summed E-state index contributed by atoms with van der Waals surface area (Å²) < 4.78 is 11.3. The van der Waals surface area contributed by atoms with Crippen LogP contribution in [0.5, 0.6) is 0 Å². The Morgan fingerprint density at radius 1 is 1.30 bits per heavy atom. The first-order valence-corrected chi connectivity index (χ1v) is 7.82. The van der Waals surface area contributed by atoms with Gasteiger partial charge < -0.3 is 14.8 Å². The Labute approximate surface area is 121 Å². The summed E-state index contributed by atoms with van der Waals surface area (Å²) in [4.78, 5) is 0. The Bertz CT molecular complexity index is 460. The molecule has 0 aromatic heterocycles. The molecule has 3 unspecified atom stereocenters. The van der Waals surface area contributed by atoms with Crippen LogP contribution in [0, 0.1) is 5.92 Å². The fourth-order valence-corrected chi connectivity index (χ4v) is 3.32. The standard InChI is InChI=1S/C17H25NO2/c1-3-6-18-17(16-7-12(2)20-11-16)13-4-5-14-9-19-10-15(14)8-13/h4-5,8,12,16-18H,3,6-7,9-11H2,1-2H3. The molecule has 3 atom stereocenters. The van der Waals surface area contributed by atoms with Crippen molar-refractivity contribution in [1.29, 1.82) is 0 Å². The molecule has 2 aliphatic rings. The highest BCUT2D eigenvalue weighted by molar-refractivity contribution is 5.35. The second kappa shape index (κ2) is 6.25. The van der Waals surface area contributed by atoms with Crippen LogP contribution in [0.15, 0.2) is 18.2 Å². The van der Waals surface area contributed by atoms with E-state index in [4.69, 9.17) is 9.47 Å². The van der Waals surface area contributed by atoms with Crippen LogP contribution in [0.2, 0.25) is 0 Å². The zero-order chi connectivity index (χ0) is 13.9. The summed E-state index contributed by atoms with van der Waals surface area (Å²) in [5.41, 5.74) is 4.10. The largest absolute Gasteiger partial charge is 0.378 e. The van der Waals surface area contributed by atoms with E-state index in [1.165, 1.54) is 16.7 Å². The highest BCUT2D eigenvalue weighted by Crippen LogP contribution is 2.33. The number of benzene rings is 1. The molecule has 1 aromatic rings. The van der Waals surface area contributed by atoms with E-state index in [2.05, 4.69) is 37.4 Å². The van der Waals surface area contributed by atoms with Crippen molar-refractivity contribution in [2.24, 2.45) is 5.92 Å². The molecule has 110 valence electrons. The average Bonchev–Trinajstić information content (AvgIpc) is 3.07. The smallest absolute Gasteiger partial charge is 0.0725 e. The topological polar surface area (TPSA) is 30.5 Å². The normalized spacial score (nSPS) is 26.7. The van der Waals surface area contributed by atoms with Gasteiger partial charge in [0.1, 0.15) is 0 Å². The average molecular weight is 275 g/mol. The van der Waals surface area contributed by atoms with E-state index in [1.807, 2.05) is 0 Å². The van der Waals surface area contributed by atoms with Gasteiger partial charge in [-0.25, -0.2) is 0 Å². The lowest BCUT2D eigenvalue weighted by Gasteiger charge is -2.25. The third-order valence-electron chi connectivity index (χ3n) is 4.42. The molecular formula is C17H25NO2. The Hall–Kier alpha value is -0.900. The molecule has 3 heteroatoms. The summed E-state index contributed by atoms with van der Waals surface area (Å²) in [5.74, 6) is 0.580. The number of hydrogen-bond acceptors (Lipinski definition) is 3. The van der Waals surface area contributed by atoms with Gasteiger partial charge in [0.05, 0.1) is 25.9 Å². The summed E-state index contributed by atoms with van der Waals surface area (Å²) in [6, 6.07) is 7.24. The molecule has 20 heavy (non-hydrogen) atoms. The molecule has 2 aliphatic heterocycles. The maximum Gasteiger partial charge on any atom is 0.0725 e. The maximum atomic E-state index is 5.78. The van der Waals surface area contributed by atoms with Crippen molar-refractivity contribution in [3.63, 3.8) is 0 Å². The molecule has 1 aromatic carbocycles. The SMILES string of the molecule is CCCNC(c1ccc2c(c1)COC2)C1COC(C)C1. The molecule has 3 rings (SSSR count). The lowest BCUT2D eigenvalue weighted by Crippen LogP contribution is -2.29. The van der Waals surface area contributed by atoms with Crippen molar-refractivity contribution in [2.75, 3.05) is 13.2 Å². The molecule has 0 bridgehead atoms. The van der Waals surface area contributed by atoms with Crippen LogP contribution in [-0.2, 0) is 22.7 Å². The van der Waals surface area contributed by atoms with E-state index in [-0.39, 0.29) is 0 Å². The molecule has 1 fully saturated rings. The summed E-state index contributed by atoms with van der Waals surface area (Å²) >= 11 is 0. The zero-order valence-electron chi connectivity index (χ0n) is 12.5. The van der Waals surface area contributed by atoms with Gasteiger partial charge in [-0.3, -0.25) is 0 Å². The third kappa shape index (κ3) is 2.90. The second-order valence-corrected chi connectivity index (χ2v) is 6.09. The van der Waals surface area contributed by atoms with Crippen LogP contribution in [-0.4, -0.2) is 19.3 Å². The molecule has 1 saturated heterocycles. The Morgan fingerprint density at radius 2 is 2.15 bits per heavy atom. The first-order valence-electron chi connectivity index (χ1n) is 7.82. The van der Waals surface area contributed by atoms with Crippen molar-refractivity contribution < 1.29 is 9.47 Å². The molecule has 1 N–H and O–H groups in total. The van der Waals surface area contributed by atoms with Crippen molar-refractivity contribution in [1.82, 2.24) is 5.32 Å².